The van der Waals surface area contributed by atoms with Gasteiger partial charge in [0.05, 0.1) is 28.9 Å². The molecule has 0 amide bonds. The quantitative estimate of drug-likeness (QED) is 0.178. The van der Waals surface area contributed by atoms with E-state index in [1.54, 1.807) is 15.2 Å². The molecule has 51 heavy (non-hydrogen) atoms. The molecular formula is C41H42N6O4. The molecule has 0 radical (unpaired) electrons. The van der Waals surface area contributed by atoms with Crippen molar-refractivity contribution in [2.45, 2.75) is 50.4 Å². The Kier molecular flexibility index (Phi) is 8.92. The van der Waals surface area contributed by atoms with Crippen LogP contribution in [0.15, 0.2) is 114 Å². The highest BCUT2D eigenvalue weighted by molar-refractivity contribution is 5.91. The molecule has 2 aliphatic rings. The van der Waals surface area contributed by atoms with Crippen LogP contribution in [0.3, 0.4) is 0 Å². The van der Waals surface area contributed by atoms with Crippen LogP contribution in [0.1, 0.15) is 48.3 Å². The molecule has 2 saturated heterocycles. The minimum absolute atomic E-state index is 0.124. The largest absolute Gasteiger partial charge is 0.473 e. The topological polar surface area (TPSA) is 110 Å². The molecule has 8 rings (SSSR count). The highest BCUT2D eigenvalue weighted by atomic mass is 16.5. The minimum Gasteiger partial charge on any atom is -0.473 e. The first-order chi connectivity index (χ1) is 25.0. The Labute approximate surface area is 297 Å². The van der Waals surface area contributed by atoms with E-state index in [4.69, 9.17) is 24.9 Å². The van der Waals surface area contributed by atoms with Gasteiger partial charge in [0.25, 0.3) is 0 Å². The van der Waals surface area contributed by atoms with Crippen molar-refractivity contribution in [1.82, 2.24) is 19.1 Å². The Morgan fingerprint density at radius 2 is 1.55 bits per heavy atom. The maximum atomic E-state index is 14.1. The Morgan fingerprint density at radius 3 is 2.22 bits per heavy atom. The number of anilines is 2. The number of aryl methyl sites for hydroxylation is 1. The van der Waals surface area contributed by atoms with E-state index >= 15 is 0 Å². The van der Waals surface area contributed by atoms with Gasteiger partial charge in [0, 0.05) is 38.3 Å². The third-order valence-corrected chi connectivity index (χ3v) is 10.4. The lowest BCUT2D eigenvalue weighted by molar-refractivity contribution is -0.100. The van der Waals surface area contributed by atoms with Gasteiger partial charge in [0.15, 0.2) is 0 Å². The molecule has 2 aliphatic heterocycles. The maximum absolute atomic E-state index is 14.1. The Hall–Kier alpha value is -5.61. The zero-order chi connectivity index (χ0) is 34.8. The Balaban J connectivity index is 1.05. The molecule has 10 nitrogen and oxygen atoms in total. The normalized spacial score (nSPS) is 17.1. The summed E-state index contributed by atoms with van der Waals surface area (Å²) in [6, 6.07) is 33.6. The fourth-order valence-corrected chi connectivity index (χ4v) is 7.45. The molecule has 0 bridgehead atoms. The molecule has 6 aromatic rings. The van der Waals surface area contributed by atoms with E-state index in [-0.39, 0.29) is 11.3 Å². The molecule has 10 heteroatoms. The van der Waals surface area contributed by atoms with Crippen LogP contribution < -0.4 is 25.8 Å². The third-order valence-electron chi connectivity index (χ3n) is 10.4. The number of hydrogen-bond acceptors (Lipinski definition) is 8. The molecular weight excluding hydrogens is 640 g/mol. The summed E-state index contributed by atoms with van der Waals surface area (Å²) in [6.45, 7) is 3.03. The summed E-state index contributed by atoms with van der Waals surface area (Å²) in [4.78, 5) is 25.6. The van der Waals surface area contributed by atoms with Gasteiger partial charge >= 0.3 is 5.69 Å². The molecule has 3 aromatic heterocycles. The fraction of sp³-hybridized carbons (Fsp3) is 0.293. The summed E-state index contributed by atoms with van der Waals surface area (Å²) < 4.78 is 22.5. The number of imidazole rings is 1. The SMILES string of the molecule is Cn1c(=O)n(-c2ccc(OCc3ccccc3)nc2OCc2ccccc2)c2cccc(N3CCC4(CCC(c5ccc(N)nc5)CO4)CC3)c21. The number of fused-ring (bicyclic) bond motifs is 1. The third kappa shape index (κ3) is 6.67. The monoisotopic (exact) mass is 682 g/mol. The number of ether oxygens (including phenoxy) is 3. The van der Waals surface area contributed by atoms with Crippen LogP contribution in [0.4, 0.5) is 11.5 Å². The van der Waals surface area contributed by atoms with E-state index in [9.17, 15) is 4.79 Å². The van der Waals surface area contributed by atoms with Crippen molar-refractivity contribution in [3.05, 3.63) is 136 Å². The van der Waals surface area contributed by atoms with Crippen molar-refractivity contribution >= 4 is 22.5 Å². The van der Waals surface area contributed by atoms with Gasteiger partial charge in [-0.25, -0.2) is 9.78 Å². The number of benzene rings is 3. The van der Waals surface area contributed by atoms with E-state index in [1.807, 2.05) is 98.2 Å². The highest BCUT2D eigenvalue weighted by Crippen LogP contribution is 2.42. The summed E-state index contributed by atoms with van der Waals surface area (Å²) in [6.07, 6.45) is 5.81. The Bertz CT molecular complexity index is 2160. The first-order valence-corrected chi connectivity index (χ1v) is 17.6. The molecule has 5 heterocycles. The summed E-state index contributed by atoms with van der Waals surface area (Å²) >= 11 is 0. The van der Waals surface area contributed by atoms with Crippen LogP contribution in [0.25, 0.3) is 16.7 Å². The van der Waals surface area contributed by atoms with Gasteiger partial charge in [0.2, 0.25) is 11.8 Å². The van der Waals surface area contributed by atoms with Crippen LogP contribution in [0.5, 0.6) is 11.8 Å². The summed E-state index contributed by atoms with van der Waals surface area (Å²) in [5.74, 6) is 1.62. The number of aromatic nitrogens is 4. The van der Waals surface area contributed by atoms with Crippen molar-refractivity contribution < 1.29 is 14.2 Å². The average molecular weight is 683 g/mol. The average Bonchev–Trinajstić information content (AvgIpc) is 3.44. The number of piperidine rings is 1. The maximum Gasteiger partial charge on any atom is 0.333 e. The van der Waals surface area contributed by atoms with E-state index in [1.165, 1.54) is 5.56 Å². The van der Waals surface area contributed by atoms with Crippen LogP contribution in [-0.4, -0.2) is 44.4 Å². The van der Waals surface area contributed by atoms with Gasteiger partial charge in [0.1, 0.15) is 24.7 Å². The molecule has 1 unspecified atom stereocenters. The first-order valence-electron chi connectivity index (χ1n) is 17.6. The van der Waals surface area contributed by atoms with Gasteiger partial charge < -0.3 is 24.8 Å². The van der Waals surface area contributed by atoms with Crippen molar-refractivity contribution in [2.24, 2.45) is 7.05 Å². The zero-order valence-electron chi connectivity index (χ0n) is 28.8. The highest BCUT2D eigenvalue weighted by Gasteiger charge is 2.40. The van der Waals surface area contributed by atoms with Gasteiger partial charge in [-0.1, -0.05) is 72.8 Å². The van der Waals surface area contributed by atoms with E-state index in [0.717, 1.165) is 66.6 Å². The smallest absolute Gasteiger partial charge is 0.333 e. The van der Waals surface area contributed by atoms with Crippen LogP contribution in [-0.2, 0) is 25.0 Å². The standard InChI is InChI=1S/C41H42N6O4/c1-45-38-33(46-23-21-41(22-24-46)20-19-32(28-51-41)31-15-17-36(42)43-25-31)13-8-14-34(38)47(40(45)48)35-16-18-37(49-26-29-9-4-2-5-10-29)44-39(35)50-27-30-11-6-3-7-12-30/h2-18,25,32H,19-24,26-28H2,1H3,(H2,42,43). The lowest BCUT2D eigenvalue weighted by atomic mass is 9.80. The summed E-state index contributed by atoms with van der Waals surface area (Å²) in [5.41, 5.74) is 12.0. The number of nitrogens with zero attached hydrogens (tertiary/aromatic N) is 5. The fourth-order valence-electron chi connectivity index (χ4n) is 7.45. The predicted molar refractivity (Wildman–Crippen MR) is 199 cm³/mol. The van der Waals surface area contributed by atoms with Crippen LogP contribution in [0.2, 0.25) is 0 Å². The molecule has 3 aromatic carbocycles. The zero-order valence-corrected chi connectivity index (χ0v) is 28.8. The second kappa shape index (κ2) is 14.0. The predicted octanol–water partition coefficient (Wildman–Crippen LogP) is 6.79. The van der Waals surface area contributed by atoms with Gasteiger partial charge in [-0.2, -0.15) is 4.98 Å². The van der Waals surface area contributed by atoms with Crippen LogP contribution in [0, 0.1) is 0 Å². The first kappa shape index (κ1) is 32.6. The molecule has 0 aliphatic carbocycles. The van der Waals surface area contributed by atoms with Crippen molar-refractivity contribution in [2.75, 3.05) is 30.3 Å². The van der Waals surface area contributed by atoms with Gasteiger partial charge in [-0.05, 0) is 66.6 Å². The summed E-state index contributed by atoms with van der Waals surface area (Å²) in [5, 5.41) is 0. The number of pyridine rings is 2. The lowest BCUT2D eigenvalue weighted by Crippen LogP contribution is -2.48. The number of nitrogen functional groups attached to an aromatic ring is 1. The van der Waals surface area contributed by atoms with E-state index < -0.39 is 0 Å². The van der Waals surface area contributed by atoms with E-state index in [2.05, 4.69) is 22.0 Å². The summed E-state index contributed by atoms with van der Waals surface area (Å²) in [7, 11) is 1.84. The molecule has 1 atom stereocenters. The van der Waals surface area contributed by atoms with E-state index in [0.29, 0.717) is 49.0 Å². The van der Waals surface area contributed by atoms with Crippen molar-refractivity contribution in [3.63, 3.8) is 0 Å². The number of hydrogen-bond donors (Lipinski definition) is 1. The van der Waals surface area contributed by atoms with Gasteiger partial charge in [-0.15, -0.1) is 0 Å². The second-order valence-electron chi connectivity index (χ2n) is 13.6. The molecule has 2 N–H and O–H groups in total. The number of rotatable bonds is 9. The Morgan fingerprint density at radius 1 is 0.824 bits per heavy atom. The molecule has 1 spiro atoms. The molecule has 260 valence electrons. The van der Waals surface area contributed by atoms with Crippen LogP contribution >= 0.6 is 0 Å². The lowest BCUT2D eigenvalue weighted by Gasteiger charge is -2.46. The molecule has 2 fully saturated rings. The number of para-hydroxylation sites is 1. The van der Waals surface area contributed by atoms with Crippen molar-refractivity contribution in [3.8, 4) is 17.4 Å². The second-order valence-corrected chi connectivity index (χ2v) is 13.6. The number of nitrogens with two attached hydrogens (primary N) is 1. The molecule has 0 saturated carbocycles. The van der Waals surface area contributed by atoms with Crippen molar-refractivity contribution in [1.29, 1.82) is 0 Å². The van der Waals surface area contributed by atoms with Gasteiger partial charge in [-0.3, -0.25) is 9.13 Å². The minimum atomic E-state index is -0.172.